The molecule has 9 heteroatoms. The van der Waals surface area contributed by atoms with E-state index < -0.39 is 24.4 Å². The number of rotatable bonds is 4. The first-order valence-electron chi connectivity index (χ1n) is 5.04. The van der Waals surface area contributed by atoms with E-state index in [0.29, 0.717) is 10.2 Å². The smallest absolute Gasteiger partial charge is 0.348 e. The number of amides is 1. The molecule has 0 bridgehead atoms. The van der Waals surface area contributed by atoms with Crippen LogP contribution in [0.5, 0.6) is 0 Å². The van der Waals surface area contributed by atoms with Gasteiger partial charge >= 0.3 is 11.9 Å². The van der Waals surface area contributed by atoms with Crippen LogP contribution in [0, 0.1) is 0 Å². The predicted molar refractivity (Wildman–Crippen MR) is 65.1 cm³/mol. The number of thiophene rings is 1. The maximum Gasteiger partial charge on any atom is 0.348 e. The number of carbonyl (C=O) groups is 3. The van der Waals surface area contributed by atoms with Crippen LogP contribution in [0.4, 0.5) is 0 Å². The molecule has 0 aromatic carbocycles. The summed E-state index contributed by atoms with van der Waals surface area (Å²) in [5, 5.41) is 12.6. The van der Waals surface area contributed by atoms with Crippen molar-refractivity contribution in [2.24, 2.45) is 5.73 Å². The minimum Gasteiger partial charge on any atom is -0.480 e. The molecule has 8 nitrogen and oxygen atoms in total. The third-order valence-corrected chi connectivity index (χ3v) is 3.44. The van der Waals surface area contributed by atoms with E-state index in [0.717, 1.165) is 16.0 Å². The molecule has 0 aliphatic heterocycles. The lowest BCUT2D eigenvalue weighted by Crippen LogP contribution is -2.15. The van der Waals surface area contributed by atoms with Gasteiger partial charge in [-0.2, -0.15) is 5.10 Å². The van der Waals surface area contributed by atoms with E-state index in [2.05, 4.69) is 9.84 Å². The number of nitrogens with zero attached hydrogens (tertiary/aromatic N) is 2. The van der Waals surface area contributed by atoms with Crippen LogP contribution < -0.4 is 5.73 Å². The number of methoxy groups -OCH3 is 1. The fourth-order valence-corrected chi connectivity index (χ4v) is 2.64. The molecule has 0 unspecified atom stereocenters. The summed E-state index contributed by atoms with van der Waals surface area (Å²) >= 11 is 0.981. The summed E-state index contributed by atoms with van der Waals surface area (Å²) in [4.78, 5) is 33.6. The molecule has 2 heterocycles. The largest absolute Gasteiger partial charge is 0.480 e. The number of carboxylic acids is 1. The van der Waals surface area contributed by atoms with E-state index in [4.69, 9.17) is 10.8 Å². The highest BCUT2D eigenvalue weighted by atomic mass is 32.1. The first-order valence-corrected chi connectivity index (χ1v) is 5.86. The second-order valence-corrected chi connectivity index (χ2v) is 4.63. The molecule has 3 N–H and O–H groups in total. The van der Waals surface area contributed by atoms with Gasteiger partial charge in [-0.1, -0.05) is 0 Å². The Labute approximate surface area is 110 Å². The number of ether oxygens (including phenoxy) is 1. The molecule has 0 radical (unpaired) electrons. The van der Waals surface area contributed by atoms with Crippen LogP contribution in [0.15, 0.2) is 6.07 Å². The van der Waals surface area contributed by atoms with Crippen molar-refractivity contribution in [2.45, 2.75) is 6.54 Å². The summed E-state index contributed by atoms with van der Waals surface area (Å²) in [6.45, 7) is -0.429. The Bertz CT molecular complexity index is 687. The molecule has 2 aromatic rings. The van der Waals surface area contributed by atoms with Gasteiger partial charge in [-0.25, -0.2) is 4.79 Å². The number of fused-ring (bicyclic) bond motifs is 1. The van der Waals surface area contributed by atoms with Gasteiger partial charge in [0.25, 0.3) is 5.91 Å². The molecule has 100 valence electrons. The van der Waals surface area contributed by atoms with Gasteiger partial charge in [0.05, 0.1) is 17.3 Å². The minimum atomic E-state index is -1.12. The number of carboxylic acid groups (broad SMARTS) is 1. The minimum absolute atomic E-state index is 0.0589. The van der Waals surface area contributed by atoms with Gasteiger partial charge in [0, 0.05) is 0 Å². The Kier molecular flexibility index (Phi) is 3.21. The molecule has 0 fully saturated rings. The molecule has 0 saturated carbocycles. The third kappa shape index (κ3) is 2.27. The number of primary amides is 1. The van der Waals surface area contributed by atoms with Gasteiger partial charge in [-0.15, -0.1) is 11.3 Å². The molecule has 2 aromatic heterocycles. The average molecular weight is 283 g/mol. The molecular formula is C10H9N3O5S. The molecule has 2 rings (SSSR count). The second kappa shape index (κ2) is 4.69. The maximum atomic E-state index is 11.4. The molecule has 0 aliphatic carbocycles. The van der Waals surface area contributed by atoms with Gasteiger partial charge in [-0.3, -0.25) is 14.3 Å². The topological polar surface area (TPSA) is 125 Å². The van der Waals surface area contributed by atoms with Crippen molar-refractivity contribution in [3.05, 3.63) is 16.6 Å². The number of hydrogen-bond donors (Lipinski definition) is 2. The van der Waals surface area contributed by atoms with Crippen LogP contribution >= 0.6 is 11.3 Å². The van der Waals surface area contributed by atoms with E-state index in [1.807, 2.05) is 0 Å². The Morgan fingerprint density at radius 1 is 1.53 bits per heavy atom. The Morgan fingerprint density at radius 3 is 2.74 bits per heavy atom. The van der Waals surface area contributed by atoms with Crippen LogP contribution in [0.25, 0.3) is 10.2 Å². The van der Waals surface area contributed by atoms with Crippen molar-refractivity contribution in [3.8, 4) is 0 Å². The highest BCUT2D eigenvalue weighted by Crippen LogP contribution is 2.29. The van der Waals surface area contributed by atoms with Gasteiger partial charge in [0.2, 0.25) is 0 Å². The van der Waals surface area contributed by atoms with Crippen LogP contribution in [-0.2, 0) is 16.1 Å². The highest BCUT2D eigenvalue weighted by Gasteiger charge is 2.21. The molecule has 0 atom stereocenters. The quantitative estimate of drug-likeness (QED) is 0.765. The SMILES string of the molecule is COC(=O)c1cc2c(s1)c(C(N)=O)nn2CC(=O)O. The molecular weight excluding hydrogens is 274 g/mol. The summed E-state index contributed by atoms with van der Waals surface area (Å²) in [6, 6.07) is 1.42. The lowest BCUT2D eigenvalue weighted by Gasteiger charge is -1.96. The number of hydrogen-bond acceptors (Lipinski definition) is 6. The fourth-order valence-electron chi connectivity index (χ4n) is 1.57. The van der Waals surface area contributed by atoms with Crippen LogP contribution in [0.3, 0.4) is 0 Å². The van der Waals surface area contributed by atoms with Crippen molar-refractivity contribution >= 4 is 39.4 Å². The van der Waals surface area contributed by atoms with Crippen molar-refractivity contribution in [1.29, 1.82) is 0 Å². The van der Waals surface area contributed by atoms with Crippen LogP contribution in [0.1, 0.15) is 20.2 Å². The first-order chi connectivity index (χ1) is 8.93. The Hall–Kier alpha value is -2.42. The van der Waals surface area contributed by atoms with Crippen LogP contribution in [-0.4, -0.2) is 39.8 Å². The highest BCUT2D eigenvalue weighted by molar-refractivity contribution is 7.21. The summed E-state index contributed by atoms with van der Waals surface area (Å²) < 4.78 is 6.05. The lowest BCUT2D eigenvalue weighted by molar-refractivity contribution is -0.137. The standard InChI is InChI=1S/C10H9N3O5S/c1-18-10(17)5-2-4-8(19-5)7(9(11)16)12-13(4)3-6(14)15/h2H,3H2,1H3,(H2,11,16)(H,14,15). The maximum absolute atomic E-state index is 11.4. The Morgan fingerprint density at radius 2 is 2.21 bits per heavy atom. The number of aromatic nitrogens is 2. The van der Waals surface area contributed by atoms with Gasteiger partial charge < -0.3 is 15.6 Å². The number of carbonyl (C=O) groups excluding carboxylic acids is 2. The zero-order valence-electron chi connectivity index (χ0n) is 9.74. The average Bonchev–Trinajstić information content (AvgIpc) is 2.88. The molecule has 0 saturated heterocycles. The second-order valence-electron chi connectivity index (χ2n) is 3.58. The summed E-state index contributed by atoms with van der Waals surface area (Å²) in [7, 11) is 1.23. The molecule has 0 spiro atoms. The summed E-state index contributed by atoms with van der Waals surface area (Å²) in [6.07, 6.45) is 0. The van der Waals surface area contributed by atoms with E-state index in [1.165, 1.54) is 13.2 Å². The fraction of sp³-hybridized carbons (Fsp3) is 0.200. The van der Waals surface area contributed by atoms with Crippen molar-refractivity contribution in [2.75, 3.05) is 7.11 Å². The Balaban J connectivity index is 2.63. The zero-order valence-corrected chi connectivity index (χ0v) is 10.6. The predicted octanol–water partition coefficient (Wildman–Crippen LogP) is 0.0679. The van der Waals surface area contributed by atoms with Gasteiger partial charge in [0.15, 0.2) is 5.69 Å². The van der Waals surface area contributed by atoms with Crippen molar-refractivity contribution in [1.82, 2.24) is 9.78 Å². The van der Waals surface area contributed by atoms with E-state index in [1.54, 1.807) is 0 Å². The van der Waals surface area contributed by atoms with Gasteiger partial charge in [-0.05, 0) is 6.07 Å². The van der Waals surface area contributed by atoms with E-state index >= 15 is 0 Å². The van der Waals surface area contributed by atoms with Crippen molar-refractivity contribution in [3.63, 3.8) is 0 Å². The number of aliphatic carboxylic acids is 1. The molecule has 0 aliphatic rings. The molecule has 1 amide bonds. The monoisotopic (exact) mass is 283 g/mol. The van der Waals surface area contributed by atoms with E-state index in [9.17, 15) is 14.4 Å². The summed E-state index contributed by atoms with van der Waals surface area (Å²) in [5.74, 6) is -2.47. The number of esters is 1. The third-order valence-electron chi connectivity index (χ3n) is 2.33. The van der Waals surface area contributed by atoms with E-state index in [-0.39, 0.29) is 10.6 Å². The number of nitrogens with two attached hydrogens (primary N) is 1. The normalized spacial score (nSPS) is 10.6. The van der Waals surface area contributed by atoms with Crippen molar-refractivity contribution < 1.29 is 24.2 Å². The summed E-state index contributed by atoms with van der Waals surface area (Å²) in [5.41, 5.74) is 5.47. The van der Waals surface area contributed by atoms with Crippen LogP contribution in [0.2, 0.25) is 0 Å². The first kappa shape index (κ1) is 13.0. The lowest BCUT2D eigenvalue weighted by atomic mass is 10.3. The van der Waals surface area contributed by atoms with Gasteiger partial charge in [0.1, 0.15) is 11.4 Å². The zero-order chi connectivity index (χ0) is 14.2. The molecule has 19 heavy (non-hydrogen) atoms.